The van der Waals surface area contributed by atoms with E-state index in [1.165, 1.54) is 0 Å². The van der Waals surface area contributed by atoms with E-state index in [1.54, 1.807) is 6.92 Å². The molecular formula is C2H5AgS. The fourth-order valence-corrected chi connectivity index (χ4v) is 0. The standard InChI is InChI=1S/C2H5.Ag.S/c1-2;;/h1H2,2H3;;. The second-order valence-corrected chi connectivity index (χ2v) is 0. The summed E-state index contributed by atoms with van der Waals surface area (Å²) in [6.45, 7) is 5.00. The summed E-state index contributed by atoms with van der Waals surface area (Å²) in [6, 6.07) is 0. The van der Waals surface area contributed by atoms with Gasteiger partial charge >= 0.3 is 28.8 Å². The van der Waals surface area contributed by atoms with Gasteiger partial charge in [-0.3, -0.25) is 0 Å². The van der Waals surface area contributed by atoms with E-state index in [2.05, 4.69) is 35.7 Å². The molecule has 0 amide bonds. The summed E-state index contributed by atoms with van der Waals surface area (Å²) < 4.78 is 0. The van der Waals surface area contributed by atoms with Gasteiger partial charge in [0.15, 0.2) is 0 Å². The van der Waals surface area contributed by atoms with Crippen molar-refractivity contribution in [2.45, 2.75) is 6.92 Å². The molecule has 0 aliphatic heterocycles. The third-order valence-electron chi connectivity index (χ3n) is 0. The summed E-state index contributed by atoms with van der Waals surface area (Å²) >= 11 is 2.53. The van der Waals surface area contributed by atoms with Crippen LogP contribution in [0, 0.1) is 6.92 Å². The van der Waals surface area contributed by atoms with E-state index in [-0.39, 0.29) is 0 Å². The van der Waals surface area contributed by atoms with Crippen LogP contribution in [-0.4, -0.2) is 0 Å². The minimum absolute atomic E-state index is 1.75. The van der Waals surface area contributed by atoms with Gasteiger partial charge in [-0.05, 0) is 0 Å². The van der Waals surface area contributed by atoms with Crippen molar-refractivity contribution in [1.29, 1.82) is 0 Å². The van der Waals surface area contributed by atoms with Crippen molar-refractivity contribution < 1.29 is 19.2 Å². The van der Waals surface area contributed by atoms with Crippen LogP contribution in [0.25, 0.3) is 0 Å². The molecule has 0 aromatic carbocycles. The average Bonchev–Trinajstić information content (AvgIpc) is 1.50. The average molecular weight is 169 g/mol. The topological polar surface area (TPSA) is 0 Å². The van der Waals surface area contributed by atoms with Gasteiger partial charge in [-0.25, -0.2) is 0 Å². The first kappa shape index (κ1) is 8.88. The Morgan fingerprint density at radius 3 is 1.50 bits per heavy atom. The Morgan fingerprint density at radius 1 is 1.50 bits per heavy atom. The number of rotatable bonds is 0. The Bertz CT molecular complexity index is 6.00. The van der Waals surface area contributed by atoms with Crippen LogP contribution in [0.3, 0.4) is 0 Å². The predicted molar refractivity (Wildman–Crippen MR) is 18.6 cm³/mol. The van der Waals surface area contributed by atoms with Crippen molar-refractivity contribution in [3.05, 3.63) is 6.92 Å². The second kappa shape index (κ2) is 37.6. The molecule has 0 unspecified atom stereocenters. The van der Waals surface area contributed by atoms with Gasteiger partial charge in [-0.15, -0.1) is 0 Å². The van der Waals surface area contributed by atoms with Crippen LogP contribution in [0.5, 0.6) is 0 Å². The van der Waals surface area contributed by atoms with E-state index in [0.717, 1.165) is 0 Å². The molecule has 0 fully saturated rings. The zero-order valence-corrected chi connectivity index (χ0v) is 4.72. The summed E-state index contributed by atoms with van der Waals surface area (Å²) in [5.41, 5.74) is 0. The molecule has 2 heteroatoms. The van der Waals surface area contributed by atoms with Crippen molar-refractivity contribution in [3.63, 3.8) is 0 Å². The van der Waals surface area contributed by atoms with Gasteiger partial charge in [0.05, 0.1) is 0 Å². The predicted octanol–water partition coefficient (Wildman–Crippen LogP) is 1.49. The molecule has 0 aromatic heterocycles. The molecule has 30 valence electrons. The van der Waals surface area contributed by atoms with Crippen LogP contribution in [0.1, 0.15) is 6.92 Å². The molecule has 1 radical (unpaired) electrons. The Kier molecular flexibility index (Phi) is 83.5. The van der Waals surface area contributed by atoms with Crippen LogP contribution in [0.2, 0.25) is 0 Å². The SMILES string of the molecule is [CH2]C.[S]=[Ag]. The summed E-state index contributed by atoms with van der Waals surface area (Å²) in [7, 11) is 3.89. The van der Waals surface area contributed by atoms with Crippen molar-refractivity contribution in [2.75, 3.05) is 0 Å². The van der Waals surface area contributed by atoms with Crippen molar-refractivity contribution in [3.8, 4) is 0 Å². The third kappa shape index (κ3) is 12.3. The van der Waals surface area contributed by atoms with E-state index in [1.807, 2.05) is 0 Å². The molecule has 0 aliphatic carbocycles. The summed E-state index contributed by atoms with van der Waals surface area (Å²) in [6.07, 6.45) is 0. The van der Waals surface area contributed by atoms with Crippen LogP contribution < -0.4 is 0 Å². The Labute approximate surface area is 42.8 Å². The monoisotopic (exact) mass is 168 g/mol. The first-order chi connectivity index (χ1) is 2.00. The fraction of sp³-hybridized carbons (Fsp3) is 0.500. The maximum atomic E-state index is 3.89. The van der Waals surface area contributed by atoms with Gasteiger partial charge in [-0.1, -0.05) is 13.8 Å². The maximum absolute atomic E-state index is 3.89. The van der Waals surface area contributed by atoms with Gasteiger partial charge in [0, 0.05) is 0 Å². The van der Waals surface area contributed by atoms with Crippen molar-refractivity contribution in [2.24, 2.45) is 0 Å². The van der Waals surface area contributed by atoms with Gasteiger partial charge in [0.1, 0.15) is 0 Å². The Balaban J connectivity index is 0. The molecule has 0 nitrogen and oxygen atoms in total. The quantitative estimate of drug-likeness (QED) is 0.495. The van der Waals surface area contributed by atoms with E-state index >= 15 is 0 Å². The molecule has 0 rings (SSSR count). The molecule has 0 aromatic rings. The van der Waals surface area contributed by atoms with E-state index in [9.17, 15) is 0 Å². The van der Waals surface area contributed by atoms with Crippen LogP contribution in [0.15, 0.2) is 0 Å². The molecule has 0 aliphatic rings. The summed E-state index contributed by atoms with van der Waals surface area (Å²) in [5.74, 6) is 0. The molecule has 0 spiro atoms. The van der Waals surface area contributed by atoms with Gasteiger partial charge < -0.3 is 0 Å². The van der Waals surface area contributed by atoms with E-state index < -0.39 is 0 Å². The molecule has 0 atom stereocenters. The van der Waals surface area contributed by atoms with Gasteiger partial charge in [-0.2, -0.15) is 0 Å². The van der Waals surface area contributed by atoms with E-state index in [4.69, 9.17) is 0 Å². The Morgan fingerprint density at radius 2 is 1.50 bits per heavy atom. The molecule has 0 saturated carbocycles. The first-order valence-corrected chi connectivity index (χ1v) is 2.89. The molecular weight excluding hydrogens is 164 g/mol. The molecule has 0 bridgehead atoms. The zero-order valence-electron chi connectivity index (χ0n) is 2.42. The summed E-state index contributed by atoms with van der Waals surface area (Å²) in [5, 5.41) is 0. The fourth-order valence-electron chi connectivity index (χ4n) is 0. The first-order valence-electron chi connectivity index (χ1n) is 0.830. The minimum atomic E-state index is 1.75. The third-order valence-corrected chi connectivity index (χ3v) is 0. The molecule has 0 heterocycles. The van der Waals surface area contributed by atoms with Crippen LogP contribution in [0.4, 0.5) is 0 Å². The molecule has 4 heavy (non-hydrogen) atoms. The molecule has 0 saturated heterocycles. The van der Waals surface area contributed by atoms with Crippen molar-refractivity contribution >= 4 is 9.58 Å². The van der Waals surface area contributed by atoms with E-state index in [0.29, 0.717) is 0 Å². The van der Waals surface area contributed by atoms with Gasteiger partial charge in [0.25, 0.3) is 0 Å². The number of hydrogen-bond donors (Lipinski definition) is 0. The van der Waals surface area contributed by atoms with Crippen molar-refractivity contribution in [1.82, 2.24) is 0 Å². The number of hydrogen-bond acceptors (Lipinski definition) is 1. The van der Waals surface area contributed by atoms with Crippen LogP contribution >= 0.6 is 9.58 Å². The van der Waals surface area contributed by atoms with Gasteiger partial charge in [0.2, 0.25) is 0 Å². The normalized spacial score (nSPS) is 3.00. The van der Waals surface area contributed by atoms with Crippen LogP contribution in [-0.2, 0) is 19.2 Å². The zero-order chi connectivity index (χ0) is 4.00. The second-order valence-electron chi connectivity index (χ2n) is 0. The summed E-state index contributed by atoms with van der Waals surface area (Å²) in [4.78, 5) is 0. The molecule has 0 N–H and O–H groups in total. The Hall–Kier alpha value is 0.960.